The Balaban J connectivity index is 0. The Kier molecular flexibility index (Phi) is 4.68. The molecule has 0 rings (SSSR count). The normalized spacial score (nSPS) is 12.1. The third-order valence-electron chi connectivity index (χ3n) is 1.42. The SMILES string of the molecule is CCN(C)CCN=S(C)(C)=O.[HH]. The average Bonchev–Trinajstić information content (AvgIpc) is 1.85. The van der Waals surface area contributed by atoms with E-state index in [0.717, 1.165) is 13.1 Å². The van der Waals surface area contributed by atoms with E-state index in [4.69, 9.17) is 0 Å². The van der Waals surface area contributed by atoms with Gasteiger partial charge in [-0.25, -0.2) is 4.36 Å². The highest BCUT2D eigenvalue weighted by Crippen LogP contribution is 1.86. The van der Waals surface area contributed by atoms with Gasteiger partial charge in [-0.2, -0.15) is 0 Å². The lowest BCUT2D eigenvalue weighted by atomic mass is 10.5. The van der Waals surface area contributed by atoms with E-state index in [1.165, 1.54) is 0 Å². The molecule has 0 fully saturated rings. The third-order valence-corrected chi connectivity index (χ3v) is 2.23. The molecule has 0 heterocycles. The van der Waals surface area contributed by atoms with Gasteiger partial charge in [0, 0.05) is 30.2 Å². The van der Waals surface area contributed by atoms with Crippen molar-refractivity contribution in [3.63, 3.8) is 0 Å². The van der Waals surface area contributed by atoms with E-state index in [1.54, 1.807) is 12.5 Å². The van der Waals surface area contributed by atoms with Gasteiger partial charge in [-0.1, -0.05) is 6.92 Å². The molecule has 0 aliphatic rings. The lowest BCUT2D eigenvalue weighted by Gasteiger charge is -2.11. The van der Waals surface area contributed by atoms with Crippen LogP contribution in [0.3, 0.4) is 0 Å². The zero-order chi connectivity index (χ0) is 8.91. The Bertz CT molecular complexity index is 203. The summed E-state index contributed by atoms with van der Waals surface area (Å²) in [5.41, 5.74) is 0. The van der Waals surface area contributed by atoms with E-state index in [2.05, 4.69) is 16.2 Å². The summed E-state index contributed by atoms with van der Waals surface area (Å²) in [7, 11) is 0.151. The molecule has 0 N–H and O–H groups in total. The van der Waals surface area contributed by atoms with E-state index >= 15 is 0 Å². The van der Waals surface area contributed by atoms with Gasteiger partial charge in [-0.15, -0.1) is 0 Å². The van der Waals surface area contributed by atoms with Crippen LogP contribution in [0.4, 0.5) is 0 Å². The molecule has 0 aliphatic carbocycles. The van der Waals surface area contributed by atoms with Crippen molar-refractivity contribution in [1.82, 2.24) is 4.90 Å². The molecule has 11 heavy (non-hydrogen) atoms. The molecule has 0 aliphatic heterocycles. The van der Waals surface area contributed by atoms with Crippen LogP contribution in [0, 0.1) is 0 Å². The molecular formula is C7H20N2OS. The minimum Gasteiger partial charge on any atom is -0.305 e. The molecule has 70 valence electrons. The second-order valence-corrected chi connectivity index (χ2v) is 5.55. The first-order chi connectivity index (χ1) is 4.95. The summed E-state index contributed by atoms with van der Waals surface area (Å²) >= 11 is 0. The largest absolute Gasteiger partial charge is 0.305 e. The van der Waals surface area contributed by atoms with E-state index in [-0.39, 0.29) is 1.43 Å². The van der Waals surface area contributed by atoms with Gasteiger partial charge in [0.2, 0.25) is 0 Å². The van der Waals surface area contributed by atoms with Crippen LogP contribution < -0.4 is 0 Å². The van der Waals surface area contributed by atoms with Crippen LogP contribution in [-0.2, 0) is 9.73 Å². The Morgan fingerprint density at radius 2 is 2.09 bits per heavy atom. The van der Waals surface area contributed by atoms with Gasteiger partial charge in [0.15, 0.2) is 0 Å². The van der Waals surface area contributed by atoms with Crippen LogP contribution in [0.5, 0.6) is 0 Å². The average molecular weight is 180 g/mol. The highest BCUT2D eigenvalue weighted by atomic mass is 32.2. The maximum absolute atomic E-state index is 11.1. The Morgan fingerprint density at radius 3 is 2.45 bits per heavy atom. The van der Waals surface area contributed by atoms with Crippen molar-refractivity contribution in [2.24, 2.45) is 4.36 Å². The summed E-state index contributed by atoms with van der Waals surface area (Å²) in [4.78, 5) is 2.15. The highest BCUT2D eigenvalue weighted by molar-refractivity contribution is 7.92. The van der Waals surface area contributed by atoms with E-state index in [9.17, 15) is 4.21 Å². The van der Waals surface area contributed by atoms with Crippen LogP contribution in [0.2, 0.25) is 0 Å². The second-order valence-electron chi connectivity index (χ2n) is 2.93. The number of likely N-dealkylation sites (N-methyl/N-ethyl adjacent to an activating group) is 1. The molecule has 4 heteroatoms. The van der Waals surface area contributed by atoms with Gasteiger partial charge >= 0.3 is 0 Å². The van der Waals surface area contributed by atoms with Crippen LogP contribution >= 0.6 is 0 Å². The van der Waals surface area contributed by atoms with Gasteiger partial charge < -0.3 is 4.90 Å². The fraction of sp³-hybridized carbons (Fsp3) is 1.00. The maximum atomic E-state index is 11.1. The zero-order valence-corrected chi connectivity index (χ0v) is 8.65. The molecule has 0 aromatic rings. The second kappa shape index (κ2) is 4.72. The summed E-state index contributed by atoms with van der Waals surface area (Å²) in [6, 6.07) is 0. The molecular weight excluding hydrogens is 160 g/mol. The van der Waals surface area contributed by atoms with Gasteiger partial charge in [-0.3, -0.25) is 4.21 Å². The molecule has 0 unspecified atom stereocenters. The van der Waals surface area contributed by atoms with Crippen molar-refractivity contribution in [2.45, 2.75) is 6.92 Å². The van der Waals surface area contributed by atoms with Crippen molar-refractivity contribution < 1.29 is 5.64 Å². The summed E-state index contributed by atoms with van der Waals surface area (Å²) in [5, 5.41) is 0. The van der Waals surface area contributed by atoms with Crippen molar-refractivity contribution >= 4 is 9.73 Å². The zero-order valence-electron chi connectivity index (χ0n) is 7.83. The van der Waals surface area contributed by atoms with Gasteiger partial charge in [0.05, 0.1) is 6.54 Å². The molecule has 0 saturated carbocycles. The molecule has 0 aromatic heterocycles. The quantitative estimate of drug-likeness (QED) is 0.644. The fourth-order valence-electron chi connectivity index (χ4n) is 0.589. The standard InChI is InChI=1S/C7H18N2OS.H2/c1-5-9(2)7-6-8-11(3,4)10;/h5-7H2,1-4H3;1H. The van der Waals surface area contributed by atoms with Gasteiger partial charge in [0.1, 0.15) is 0 Å². The monoisotopic (exact) mass is 180 g/mol. The fourth-order valence-corrected chi connectivity index (χ4v) is 1.11. The van der Waals surface area contributed by atoms with Crippen molar-refractivity contribution in [3.8, 4) is 0 Å². The lowest BCUT2D eigenvalue weighted by molar-refractivity contribution is 0.364. The van der Waals surface area contributed by atoms with Crippen molar-refractivity contribution in [1.29, 1.82) is 0 Å². The maximum Gasteiger partial charge on any atom is 0.0611 e. The molecule has 0 aromatic carbocycles. The molecule has 0 saturated heterocycles. The van der Waals surface area contributed by atoms with Gasteiger partial charge in [0.25, 0.3) is 0 Å². The molecule has 0 amide bonds. The summed E-state index contributed by atoms with van der Waals surface area (Å²) in [6.45, 7) is 4.69. The number of hydrogen-bond acceptors (Lipinski definition) is 3. The highest BCUT2D eigenvalue weighted by Gasteiger charge is 1.93. The lowest BCUT2D eigenvalue weighted by Crippen LogP contribution is -2.21. The predicted molar refractivity (Wildman–Crippen MR) is 52.6 cm³/mol. The Morgan fingerprint density at radius 1 is 1.55 bits per heavy atom. The molecule has 0 spiro atoms. The Labute approximate surface area is 71.5 Å². The Hall–Kier alpha value is -0.0900. The van der Waals surface area contributed by atoms with Crippen LogP contribution in [-0.4, -0.2) is 48.3 Å². The first-order valence-electron chi connectivity index (χ1n) is 3.77. The molecule has 0 radical (unpaired) electrons. The molecule has 3 nitrogen and oxygen atoms in total. The topological polar surface area (TPSA) is 32.7 Å². The smallest absolute Gasteiger partial charge is 0.0611 e. The minimum atomic E-state index is -1.88. The van der Waals surface area contributed by atoms with Crippen LogP contribution in [0.1, 0.15) is 8.35 Å². The number of hydrogen-bond donors (Lipinski definition) is 0. The molecule has 0 atom stereocenters. The van der Waals surface area contributed by atoms with E-state index in [0.29, 0.717) is 6.54 Å². The van der Waals surface area contributed by atoms with Crippen LogP contribution in [0.15, 0.2) is 4.36 Å². The number of nitrogens with zero attached hydrogens (tertiary/aromatic N) is 2. The first-order valence-corrected chi connectivity index (χ1v) is 6.10. The third kappa shape index (κ3) is 7.81. The number of rotatable bonds is 4. The van der Waals surface area contributed by atoms with E-state index in [1.807, 2.05) is 7.05 Å². The predicted octanol–water partition coefficient (Wildman–Crippen LogP) is 0.912. The summed E-state index contributed by atoms with van der Waals surface area (Å²) < 4.78 is 15.1. The van der Waals surface area contributed by atoms with Crippen LogP contribution in [0.25, 0.3) is 0 Å². The molecule has 0 bridgehead atoms. The first kappa shape index (κ1) is 10.9. The van der Waals surface area contributed by atoms with Gasteiger partial charge in [-0.05, 0) is 13.6 Å². The summed E-state index contributed by atoms with van der Waals surface area (Å²) in [5.74, 6) is 0. The summed E-state index contributed by atoms with van der Waals surface area (Å²) in [6.07, 6.45) is 3.33. The van der Waals surface area contributed by atoms with Crippen molar-refractivity contribution in [3.05, 3.63) is 0 Å². The van der Waals surface area contributed by atoms with Crippen molar-refractivity contribution in [2.75, 3.05) is 39.2 Å². The van der Waals surface area contributed by atoms with E-state index < -0.39 is 9.73 Å². The minimum absolute atomic E-state index is 0.